The van der Waals surface area contributed by atoms with Gasteiger partial charge in [-0.05, 0) is 32.3 Å². The molecular weight excluding hydrogens is 256 g/mol. The van der Waals surface area contributed by atoms with Gasteiger partial charge in [0.15, 0.2) is 5.82 Å². The first-order valence-corrected chi connectivity index (χ1v) is 7.12. The van der Waals surface area contributed by atoms with Crippen molar-refractivity contribution in [1.29, 1.82) is 0 Å². The van der Waals surface area contributed by atoms with E-state index in [1.54, 1.807) is 0 Å². The van der Waals surface area contributed by atoms with Crippen molar-refractivity contribution in [3.63, 3.8) is 0 Å². The molecule has 0 amide bonds. The van der Waals surface area contributed by atoms with Gasteiger partial charge in [0, 0.05) is 18.2 Å². The number of aryl methyl sites for hydroxylation is 1. The molecule has 1 unspecified atom stereocenters. The Balaban J connectivity index is 1.78. The van der Waals surface area contributed by atoms with E-state index in [0.29, 0.717) is 19.0 Å². The summed E-state index contributed by atoms with van der Waals surface area (Å²) < 4.78 is 12.6. The molecule has 2 aromatic rings. The SMILES string of the molecule is CCc1c(C)nn(Cc2nc(C3CCOC3)no2)c1C. The van der Waals surface area contributed by atoms with E-state index in [9.17, 15) is 0 Å². The molecule has 0 aromatic carbocycles. The third-order valence-corrected chi connectivity index (χ3v) is 3.95. The summed E-state index contributed by atoms with van der Waals surface area (Å²) in [4.78, 5) is 4.47. The van der Waals surface area contributed by atoms with E-state index in [1.807, 2.05) is 11.6 Å². The van der Waals surface area contributed by atoms with Crippen LogP contribution < -0.4 is 0 Å². The highest BCUT2D eigenvalue weighted by atomic mass is 16.5. The highest BCUT2D eigenvalue weighted by Crippen LogP contribution is 2.23. The molecule has 0 spiro atoms. The van der Waals surface area contributed by atoms with Gasteiger partial charge in [0.2, 0.25) is 5.89 Å². The summed E-state index contributed by atoms with van der Waals surface area (Å²) in [7, 11) is 0. The summed E-state index contributed by atoms with van der Waals surface area (Å²) in [5, 5.41) is 8.61. The molecule has 0 radical (unpaired) electrons. The van der Waals surface area contributed by atoms with Crippen LogP contribution in [-0.2, 0) is 17.7 Å². The van der Waals surface area contributed by atoms with Crippen molar-refractivity contribution in [2.24, 2.45) is 0 Å². The van der Waals surface area contributed by atoms with Gasteiger partial charge in [-0.1, -0.05) is 12.1 Å². The van der Waals surface area contributed by atoms with Crippen molar-refractivity contribution >= 4 is 0 Å². The average Bonchev–Trinajstić information content (AvgIpc) is 3.12. The highest BCUT2D eigenvalue weighted by molar-refractivity contribution is 5.24. The number of rotatable bonds is 4. The van der Waals surface area contributed by atoms with E-state index in [0.717, 1.165) is 31.0 Å². The Bertz CT molecular complexity index is 596. The third kappa shape index (κ3) is 2.35. The minimum absolute atomic E-state index is 0.277. The Morgan fingerprint density at radius 2 is 2.20 bits per heavy atom. The average molecular weight is 276 g/mol. The van der Waals surface area contributed by atoms with Gasteiger partial charge in [-0.15, -0.1) is 0 Å². The largest absolute Gasteiger partial charge is 0.381 e. The van der Waals surface area contributed by atoms with Gasteiger partial charge in [0.1, 0.15) is 6.54 Å². The number of hydrogen-bond acceptors (Lipinski definition) is 5. The van der Waals surface area contributed by atoms with Crippen LogP contribution in [0.2, 0.25) is 0 Å². The lowest BCUT2D eigenvalue weighted by molar-refractivity contribution is 0.192. The van der Waals surface area contributed by atoms with E-state index in [2.05, 4.69) is 29.1 Å². The van der Waals surface area contributed by atoms with E-state index >= 15 is 0 Å². The summed E-state index contributed by atoms with van der Waals surface area (Å²) >= 11 is 0. The Kier molecular flexibility index (Phi) is 3.56. The van der Waals surface area contributed by atoms with Gasteiger partial charge in [-0.25, -0.2) is 0 Å². The van der Waals surface area contributed by atoms with Crippen LogP contribution in [0.4, 0.5) is 0 Å². The van der Waals surface area contributed by atoms with Crippen molar-refractivity contribution < 1.29 is 9.26 Å². The predicted molar refractivity (Wildman–Crippen MR) is 72.7 cm³/mol. The van der Waals surface area contributed by atoms with Crippen LogP contribution >= 0.6 is 0 Å². The van der Waals surface area contributed by atoms with Crippen LogP contribution in [-0.4, -0.2) is 33.1 Å². The maximum atomic E-state index is 5.35. The van der Waals surface area contributed by atoms with Crippen LogP contribution in [0.25, 0.3) is 0 Å². The Morgan fingerprint density at radius 1 is 1.35 bits per heavy atom. The predicted octanol–water partition coefficient (Wildman–Crippen LogP) is 2.00. The zero-order valence-electron chi connectivity index (χ0n) is 12.2. The molecule has 6 heteroatoms. The number of aromatic nitrogens is 4. The van der Waals surface area contributed by atoms with E-state index < -0.39 is 0 Å². The number of ether oxygens (including phenoxy) is 1. The topological polar surface area (TPSA) is 66.0 Å². The molecule has 3 rings (SSSR count). The number of nitrogens with zero attached hydrogens (tertiary/aromatic N) is 4. The summed E-state index contributed by atoms with van der Waals surface area (Å²) in [5.41, 5.74) is 3.55. The molecule has 3 heterocycles. The molecule has 0 saturated carbocycles. The Hall–Kier alpha value is -1.69. The zero-order chi connectivity index (χ0) is 14.1. The lowest BCUT2D eigenvalue weighted by Gasteiger charge is -2.01. The van der Waals surface area contributed by atoms with E-state index in [4.69, 9.17) is 9.26 Å². The second kappa shape index (κ2) is 5.36. The zero-order valence-corrected chi connectivity index (χ0v) is 12.2. The van der Waals surface area contributed by atoms with Crippen molar-refractivity contribution in [3.05, 3.63) is 28.7 Å². The molecule has 0 aliphatic carbocycles. The lowest BCUT2D eigenvalue weighted by Crippen LogP contribution is -2.05. The molecule has 1 aliphatic heterocycles. The summed E-state index contributed by atoms with van der Waals surface area (Å²) in [5.74, 6) is 1.65. The molecule has 1 saturated heterocycles. The van der Waals surface area contributed by atoms with Crippen molar-refractivity contribution in [3.8, 4) is 0 Å². The Morgan fingerprint density at radius 3 is 2.85 bits per heavy atom. The standard InChI is InChI=1S/C14H20N4O2/c1-4-12-9(2)16-18(10(12)3)7-13-15-14(17-20-13)11-5-6-19-8-11/h11H,4-8H2,1-3H3. The molecular formula is C14H20N4O2. The first kappa shape index (κ1) is 13.3. The fourth-order valence-corrected chi connectivity index (χ4v) is 2.76. The maximum Gasteiger partial charge on any atom is 0.248 e. The minimum Gasteiger partial charge on any atom is -0.381 e. The van der Waals surface area contributed by atoms with Crippen LogP contribution in [0, 0.1) is 13.8 Å². The van der Waals surface area contributed by atoms with Crippen molar-refractivity contribution in [1.82, 2.24) is 19.9 Å². The summed E-state index contributed by atoms with van der Waals surface area (Å²) in [6, 6.07) is 0. The molecule has 6 nitrogen and oxygen atoms in total. The molecule has 20 heavy (non-hydrogen) atoms. The smallest absolute Gasteiger partial charge is 0.248 e. The fourth-order valence-electron chi connectivity index (χ4n) is 2.76. The van der Waals surface area contributed by atoms with Crippen LogP contribution in [0.15, 0.2) is 4.52 Å². The quantitative estimate of drug-likeness (QED) is 0.854. The molecule has 0 bridgehead atoms. The molecule has 1 aliphatic rings. The Labute approximate surface area is 118 Å². The summed E-state index contributed by atoms with van der Waals surface area (Å²) in [6.45, 7) is 8.28. The first-order valence-electron chi connectivity index (χ1n) is 7.12. The van der Waals surface area contributed by atoms with Crippen LogP contribution in [0.1, 0.15) is 47.9 Å². The van der Waals surface area contributed by atoms with E-state index in [1.165, 1.54) is 11.3 Å². The molecule has 1 fully saturated rings. The van der Waals surface area contributed by atoms with Crippen LogP contribution in [0.3, 0.4) is 0 Å². The minimum atomic E-state index is 0.277. The van der Waals surface area contributed by atoms with Gasteiger partial charge in [0.05, 0.1) is 12.3 Å². The van der Waals surface area contributed by atoms with Crippen molar-refractivity contribution in [2.75, 3.05) is 13.2 Å². The van der Waals surface area contributed by atoms with E-state index in [-0.39, 0.29) is 5.92 Å². The second-order valence-corrected chi connectivity index (χ2v) is 5.27. The third-order valence-electron chi connectivity index (χ3n) is 3.95. The second-order valence-electron chi connectivity index (χ2n) is 5.27. The van der Waals surface area contributed by atoms with Crippen LogP contribution in [0.5, 0.6) is 0 Å². The molecule has 108 valence electrons. The number of hydrogen-bond donors (Lipinski definition) is 0. The molecule has 0 N–H and O–H groups in total. The van der Waals surface area contributed by atoms with Gasteiger partial charge < -0.3 is 9.26 Å². The van der Waals surface area contributed by atoms with Gasteiger partial charge in [-0.3, -0.25) is 4.68 Å². The van der Waals surface area contributed by atoms with Gasteiger partial charge in [-0.2, -0.15) is 10.1 Å². The van der Waals surface area contributed by atoms with Crippen molar-refractivity contribution in [2.45, 2.75) is 46.1 Å². The lowest BCUT2D eigenvalue weighted by atomic mass is 10.1. The maximum absolute atomic E-state index is 5.35. The van der Waals surface area contributed by atoms with Gasteiger partial charge >= 0.3 is 0 Å². The highest BCUT2D eigenvalue weighted by Gasteiger charge is 2.23. The first-order chi connectivity index (χ1) is 9.69. The fraction of sp³-hybridized carbons (Fsp3) is 0.643. The molecule has 2 aromatic heterocycles. The normalized spacial score (nSPS) is 18.9. The van der Waals surface area contributed by atoms with Gasteiger partial charge in [0.25, 0.3) is 0 Å². The summed E-state index contributed by atoms with van der Waals surface area (Å²) in [6.07, 6.45) is 1.96. The monoisotopic (exact) mass is 276 g/mol. The molecule has 1 atom stereocenters.